The zero-order valence-corrected chi connectivity index (χ0v) is 14.3. The van der Waals surface area contributed by atoms with Crippen LogP contribution < -0.4 is 0 Å². The highest BCUT2D eigenvalue weighted by Crippen LogP contribution is 2.35. The van der Waals surface area contributed by atoms with Crippen molar-refractivity contribution in [2.75, 3.05) is 6.54 Å². The van der Waals surface area contributed by atoms with Crippen LogP contribution in [0, 0.1) is 5.82 Å². The summed E-state index contributed by atoms with van der Waals surface area (Å²) >= 11 is 0. The number of amides is 1. The average Bonchev–Trinajstić information content (AvgIpc) is 2.82. The van der Waals surface area contributed by atoms with E-state index in [4.69, 9.17) is 0 Å². The first kappa shape index (κ1) is 18.4. The van der Waals surface area contributed by atoms with Gasteiger partial charge in [0.1, 0.15) is 5.82 Å². The lowest BCUT2D eigenvalue weighted by atomic mass is 10.0. The maximum absolute atomic E-state index is 14.1. The van der Waals surface area contributed by atoms with E-state index < -0.39 is 29.6 Å². The van der Waals surface area contributed by atoms with Gasteiger partial charge in [0.2, 0.25) is 0 Å². The zero-order valence-electron chi connectivity index (χ0n) is 14.3. The monoisotopic (exact) mass is 369 g/mol. The molecule has 26 heavy (non-hydrogen) atoms. The number of carbonyl (C=O) groups is 1. The molecule has 0 N–H and O–H groups in total. The Balaban J connectivity index is 1.99. The summed E-state index contributed by atoms with van der Waals surface area (Å²) in [6.45, 7) is 0.365. The number of hydrogen-bond acceptors (Lipinski definition) is 2. The molecule has 2 heterocycles. The first-order valence-electron chi connectivity index (χ1n) is 8.45. The lowest BCUT2D eigenvalue weighted by Gasteiger charge is -2.30. The van der Waals surface area contributed by atoms with Crippen LogP contribution in [0.5, 0.6) is 0 Å². The summed E-state index contributed by atoms with van der Waals surface area (Å²) in [4.78, 5) is 14.4. The number of rotatable bonds is 2. The molecule has 3 rings (SSSR count). The van der Waals surface area contributed by atoms with E-state index in [1.165, 1.54) is 34.8 Å². The predicted molar refractivity (Wildman–Crippen MR) is 86.9 cm³/mol. The third kappa shape index (κ3) is 3.59. The first-order valence-corrected chi connectivity index (χ1v) is 8.45. The van der Waals surface area contributed by atoms with E-state index in [0.717, 1.165) is 25.3 Å². The predicted octanol–water partition coefficient (Wildman–Crippen LogP) is 4.34. The second kappa shape index (κ2) is 7.09. The van der Waals surface area contributed by atoms with Crippen molar-refractivity contribution in [1.29, 1.82) is 0 Å². The van der Waals surface area contributed by atoms with Crippen LogP contribution >= 0.6 is 0 Å². The summed E-state index contributed by atoms with van der Waals surface area (Å²) in [5, 5.41) is 3.55. The van der Waals surface area contributed by atoms with Gasteiger partial charge in [0, 0.05) is 13.6 Å². The molecule has 0 bridgehead atoms. The van der Waals surface area contributed by atoms with Crippen LogP contribution in [0.1, 0.15) is 53.5 Å². The molecule has 8 heteroatoms. The summed E-state index contributed by atoms with van der Waals surface area (Å²) < 4.78 is 54.2. The van der Waals surface area contributed by atoms with E-state index in [2.05, 4.69) is 5.10 Å². The molecule has 2 aromatic rings. The maximum atomic E-state index is 14.1. The first-order chi connectivity index (χ1) is 12.3. The lowest BCUT2D eigenvalue weighted by molar-refractivity contribution is -0.141. The number of alkyl halides is 3. The Hall–Kier alpha value is -2.38. The molecule has 1 aromatic carbocycles. The molecular weight excluding hydrogens is 350 g/mol. The van der Waals surface area contributed by atoms with Crippen LogP contribution in [0.2, 0.25) is 0 Å². The van der Waals surface area contributed by atoms with Crippen molar-refractivity contribution < 1.29 is 22.4 Å². The molecule has 1 aromatic heterocycles. The van der Waals surface area contributed by atoms with Crippen molar-refractivity contribution in [3.8, 4) is 0 Å². The Morgan fingerprint density at radius 1 is 1.19 bits per heavy atom. The van der Waals surface area contributed by atoms with Gasteiger partial charge in [-0.15, -0.1) is 0 Å². The molecule has 4 nitrogen and oxygen atoms in total. The van der Waals surface area contributed by atoms with Gasteiger partial charge in [-0.25, -0.2) is 4.39 Å². The molecule has 1 aliphatic heterocycles. The van der Waals surface area contributed by atoms with Crippen molar-refractivity contribution in [2.24, 2.45) is 7.05 Å². The third-order valence-electron chi connectivity index (χ3n) is 4.67. The van der Waals surface area contributed by atoms with Gasteiger partial charge in [-0.1, -0.05) is 25.0 Å². The van der Waals surface area contributed by atoms with Gasteiger partial charge < -0.3 is 4.90 Å². The molecular formula is C18H19F4N3O. The molecule has 0 radical (unpaired) electrons. The summed E-state index contributed by atoms with van der Waals surface area (Å²) in [5.41, 5.74) is -0.751. The van der Waals surface area contributed by atoms with Crippen molar-refractivity contribution >= 4 is 5.91 Å². The van der Waals surface area contributed by atoms with E-state index >= 15 is 0 Å². The number of halogens is 4. The van der Waals surface area contributed by atoms with Gasteiger partial charge in [0.25, 0.3) is 5.91 Å². The van der Waals surface area contributed by atoms with Crippen LogP contribution in [0.25, 0.3) is 0 Å². The molecule has 0 spiro atoms. The number of hydrogen-bond donors (Lipinski definition) is 0. The second-order valence-corrected chi connectivity index (χ2v) is 6.42. The molecule has 1 atom stereocenters. The fourth-order valence-corrected chi connectivity index (χ4v) is 3.38. The lowest BCUT2D eigenvalue weighted by Crippen LogP contribution is -2.36. The van der Waals surface area contributed by atoms with E-state index in [-0.39, 0.29) is 5.56 Å². The smallest absolute Gasteiger partial charge is 0.330 e. The number of aryl methyl sites for hydroxylation is 1. The van der Waals surface area contributed by atoms with Gasteiger partial charge >= 0.3 is 6.18 Å². The van der Waals surface area contributed by atoms with E-state index in [1.807, 2.05) is 0 Å². The van der Waals surface area contributed by atoms with E-state index in [1.54, 1.807) is 6.07 Å². The van der Waals surface area contributed by atoms with Crippen molar-refractivity contribution in [1.82, 2.24) is 14.7 Å². The Morgan fingerprint density at radius 3 is 2.58 bits per heavy atom. The van der Waals surface area contributed by atoms with Crippen LogP contribution in [0.4, 0.5) is 17.6 Å². The maximum Gasteiger partial charge on any atom is 0.435 e. The number of benzene rings is 1. The Morgan fingerprint density at radius 2 is 1.92 bits per heavy atom. The number of carbonyl (C=O) groups excluding carboxylic acids is 1. The van der Waals surface area contributed by atoms with Crippen LogP contribution in [-0.2, 0) is 13.2 Å². The third-order valence-corrected chi connectivity index (χ3v) is 4.67. The minimum Gasteiger partial charge on any atom is -0.330 e. The van der Waals surface area contributed by atoms with Crippen molar-refractivity contribution in [2.45, 2.75) is 37.9 Å². The van der Waals surface area contributed by atoms with Crippen molar-refractivity contribution in [3.05, 3.63) is 53.1 Å². The van der Waals surface area contributed by atoms with E-state index in [0.29, 0.717) is 18.7 Å². The molecule has 1 fully saturated rings. The molecule has 0 aliphatic carbocycles. The van der Waals surface area contributed by atoms with Gasteiger partial charge in [-0.2, -0.15) is 18.3 Å². The average molecular weight is 369 g/mol. The number of nitrogens with zero attached hydrogens (tertiary/aromatic N) is 3. The quantitative estimate of drug-likeness (QED) is 0.739. The Kier molecular flexibility index (Phi) is 5.02. The van der Waals surface area contributed by atoms with E-state index in [9.17, 15) is 22.4 Å². The fourth-order valence-electron chi connectivity index (χ4n) is 3.38. The topological polar surface area (TPSA) is 38.1 Å². The van der Waals surface area contributed by atoms with Crippen LogP contribution in [0.3, 0.4) is 0 Å². The highest BCUT2D eigenvalue weighted by atomic mass is 19.4. The van der Waals surface area contributed by atoms with Gasteiger partial charge in [0.05, 0.1) is 17.3 Å². The number of aromatic nitrogens is 2. The molecule has 1 amide bonds. The molecule has 1 saturated heterocycles. The Bertz CT molecular complexity index is 800. The largest absolute Gasteiger partial charge is 0.435 e. The minimum absolute atomic E-state index is 0.0717. The number of likely N-dealkylation sites (tertiary alicyclic amines) is 1. The molecule has 140 valence electrons. The SMILES string of the molecule is Cn1nc(C(F)(F)F)cc1C1CCCCCN1C(=O)c1ccccc1F. The Labute approximate surface area is 148 Å². The van der Waals surface area contributed by atoms with Crippen LogP contribution in [-0.4, -0.2) is 27.1 Å². The molecule has 0 saturated carbocycles. The summed E-state index contributed by atoms with van der Waals surface area (Å²) in [6, 6.07) is 6.06. The molecule has 1 aliphatic rings. The fraction of sp³-hybridized carbons (Fsp3) is 0.444. The van der Waals surface area contributed by atoms with Gasteiger partial charge in [-0.3, -0.25) is 9.48 Å². The zero-order chi connectivity index (χ0) is 18.9. The summed E-state index contributed by atoms with van der Waals surface area (Å²) in [7, 11) is 1.43. The van der Waals surface area contributed by atoms with Gasteiger partial charge in [-0.05, 0) is 31.0 Å². The normalized spacial score (nSPS) is 18.7. The minimum atomic E-state index is -4.55. The molecule has 1 unspecified atom stereocenters. The standard InChI is InChI=1S/C18H19F4N3O/c1-24-15(11-16(23-24)18(20,21)22)14-9-3-2-6-10-25(14)17(26)12-7-4-5-8-13(12)19/h4-5,7-8,11,14H,2-3,6,9-10H2,1H3. The summed E-state index contributed by atoms with van der Waals surface area (Å²) in [5.74, 6) is -1.15. The second-order valence-electron chi connectivity index (χ2n) is 6.42. The summed E-state index contributed by atoms with van der Waals surface area (Å²) in [6.07, 6.45) is -1.68. The highest BCUT2D eigenvalue weighted by molar-refractivity contribution is 5.94. The van der Waals surface area contributed by atoms with Gasteiger partial charge in [0.15, 0.2) is 5.69 Å². The van der Waals surface area contributed by atoms with Crippen LogP contribution in [0.15, 0.2) is 30.3 Å². The van der Waals surface area contributed by atoms with Crippen molar-refractivity contribution in [3.63, 3.8) is 0 Å². The highest BCUT2D eigenvalue weighted by Gasteiger charge is 2.37.